The van der Waals surface area contributed by atoms with E-state index >= 15 is 0 Å². The van der Waals surface area contributed by atoms with Gasteiger partial charge < -0.3 is 20.3 Å². The van der Waals surface area contributed by atoms with Crippen molar-refractivity contribution in [3.63, 3.8) is 0 Å². The standard InChI is InChI=1S/C21H34N4O2/c1-5-23-21(25-12-9-18(10-13-25)15-20(26)22-3)24-11-8-17-7-6-16(2)19(14-17)27-4/h6-7,14,18H,5,8-13,15H2,1-4H3,(H,22,26)(H,23,24). The van der Waals surface area contributed by atoms with Crippen molar-refractivity contribution in [2.75, 3.05) is 40.3 Å². The van der Waals surface area contributed by atoms with Crippen LogP contribution < -0.4 is 15.4 Å². The van der Waals surface area contributed by atoms with E-state index < -0.39 is 0 Å². The van der Waals surface area contributed by atoms with Gasteiger partial charge in [-0.05, 0) is 56.2 Å². The second-order valence-corrected chi connectivity index (χ2v) is 7.10. The van der Waals surface area contributed by atoms with E-state index in [2.05, 4.69) is 47.6 Å². The van der Waals surface area contributed by atoms with Crippen LogP contribution in [0.5, 0.6) is 5.75 Å². The number of rotatable bonds is 7. The molecule has 1 fully saturated rings. The van der Waals surface area contributed by atoms with Crippen LogP contribution in [0.25, 0.3) is 0 Å². The fourth-order valence-corrected chi connectivity index (χ4v) is 3.45. The first-order chi connectivity index (χ1) is 13.1. The van der Waals surface area contributed by atoms with Gasteiger partial charge >= 0.3 is 0 Å². The van der Waals surface area contributed by atoms with Crippen molar-refractivity contribution in [2.45, 2.75) is 39.5 Å². The number of carbonyl (C=O) groups is 1. The number of aliphatic imine (C=N–C) groups is 1. The summed E-state index contributed by atoms with van der Waals surface area (Å²) < 4.78 is 5.41. The summed E-state index contributed by atoms with van der Waals surface area (Å²) in [4.78, 5) is 18.7. The van der Waals surface area contributed by atoms with Gasteiger partial charge in [-0.3, -0.25) is 9.79 Å². The molecule has 0 radical (unpaired) electrons. The lowest BCUT2D eigenvalue weighted by Gasteiger charge is -2.34. The zero-order valence-corrected chi connectivity index (χ0v) is 17.2. The Morgan fingerprint density at radius 2 is 2.07 bits per heavy atom. The highest BCUT2D eigenvalue weighted by Crippen LogP contribution is 2.21. The Kier molecular flexibility index (Phi) is 8.43. The minimum atomic E-state index is 0.141. The fourth-order valence-electron chi connectivity index (χ4n) is 3.45. The summed E-state index contributed by atoms with van der Waals surface area (Å²) in [6, 6.07) is 6.34. The lowest BCUT2D eigenvalue weighted by molar-refractivity contribution is -0.121. The van der Waals surface area contributed by atoms with Gasteiger partial charge in [-0.1, -0.05) is 12.1 Å². The molecular weight excluding hydrogens is 340 g/mol. The molecule has 1 aliphatic heterocycles. The molecule has 2 N–H and O–H groups in total. The number of nitrogens with zero attached hydrogens (tertiary/aromatic N) is 2. The highest BCUT2D eigenvalue weighted by Gasteiger charge is 2.22. The van der Waals surface area contributed by atoms with Gasteiger partial charge in [0.05, 0.1) is 7.11 Å². The van der Waals surface area contributed by atoms with E-state index in [9.17, 15) is 4.79 Å². The first-order valence-electron chi connectivity index (χ1n) is 9.94. The van der Waals surface area contributed by atoms with Crippen molar-refractivity contribution >= 4 is 11.9 Å². The number of methoxy groups -OCH3 is 1. The van der Waals surface area contributed by atoms with Crippen molar-refractivity contribution in [1.29, 1.82) is 0 Å². The van der Waals surface area contributed by atoms with Crippen LogP contribution >= 0.6 is 0 Å². The van der Waals surface area contributed by atoms with Crippen LogP contribution in [-0.2, 0) is 11.2 Å². The van der Waals surface area contributed by atoms with E-state index in [1.54, 1.807) is 14.2 Å². The van der Waals surface area contributed by atoms with Crippen LogP contribution in [0.1, 0.15) is 37.3 Å². The Bertz CT molecular complexity index is 637. The van der Waals surface area contributed by atoms with Gasteiger partial charge in [-0.2, -0.15) is 0 Å². The molecule has 1 amide bonds. The maximum atomic E-state index is 11.6. The number of amides is 1. The summed E-state index contributed by atoms with van der Waals surface area (Å²) in [5.74, 6) is 2.53. The van der Waals surface area contributed by atoms with E-state index in [1.807, 2.05) is 0 Å². The first-order valence-corrected chi connectivity index (χ1v) is 9.94. The van der Waals surface area contributed by atoms with E-state index in [1.165, 1.54) is 5.56 Å². The Morgan fingerprint density at radius 1 is 1.33 bits per heavy atom. The molecule has 150 valence electrons. The SMILES string of the molecule is CCNC(=NCCc1ccc(C)c(OC)c1)N1CCC(CC(=O)NC)CC1. The summed E-state index contributed by atoms with van der Waals surface area (Å²) >= 11 is 0. The Balaban J connectivity index is 1.90. The number of piperidine rings is 1. The molecule has 2 rings (SSSR count). The van der Waals surface area contributed by atoms with Crippen molar-refractivity contribution in [3.8, 4) is 5.75 Å². The van der Waals surface area contributed by atoms with Crippen LogP contribution in [0.3, 0.4) is 0 Å². The molecule has 1 heterocycles. The van der Waals surface area contributed by atoms with E-state index in [-0.39, 0.29) is 5.91 Å². The number of hydrogen-bond acceptors (Lipinski definition) is 3. The lowest BCUT2D eigenvalue weighted by atomic mass is 9.93. The zero-order chi connectivity index (χ0) is 19.6. The van der Waals surface area contributed by atoms with E-state index in [4.69, 9.17) is 9.73 Å². The number of guanidine groups is 1. The van der Waals surface area contributed by atoms with Crippen molar-refractivity contribution in [1.82, 2.24) is 15.5 Å². The Hall–Kier alpha value is -2.24. The van der Waals surface area contributed by atoms with Crippen LogP contribution in [0.4, 0.5) is 0 Å². The predicted molar refractivity (Wildman–Crippen MR) is 110 cm³/mol. The fraction of sp³-hybridized carbons (Fsp3) is 0.619. The summed E-state index contributed by atoms with van der Waals surface area (Å²) in [5.41, 5.74) is 2.39. The summed E-state index contributed by atoms with van der Waals surface area (Å²) in [5, 5.41) is 6.13. The molecule has 0 bridgehead atoms. The molecule has 6 heteroatoms. The minimum absolute atomic E-state index is 0.141. The van der Waals surface area contributed by atoms with Crippen LogP contribution in [0, 0.1) is 12.8 Å². The molecule has 6 nitrogen and oxygen atoms in total. The monoisotopic (exact) mass is 374 g/mol. The number of benzene rings is 1. The highest BCUT2D eigenvalue weighted by atomic mass is 16.5. The molecule has 1 aromatic carbocycles. The van der Waals surface area contributed by atoms with Gasteiger partial charge in [0.15, 0.2) is 5.96 Å². The summed E-state index contributed by atoms with van der Waals surface area (Å²) in [6.07, 6.45) is 3.59. The van der Waals surface area contributed by atoms with Crippen LogP contribution in [0.2, 0.25) is 0 Å². The maximum Gasteiger partial charge on any atom is 0.220 e. The Morgan fingerprint density at radius 3 is 2.70 bits per heavy atom. The van der Waals surface area contributed by atoms with Gasteiger partial charge in [0.2, 0.25) is 5.91 Å². The average Bonchev–Trinajstić information content (AvgIpc) is 2.69. The third-order valence-corrected chi connectivity index (χ3v) is 5.14. The normalized spacial score (nSPS) is 15.6. The molecule has 0 saturated carbocycles. The second-order valence-electron chi connectivity index (χ2n) is 7.10. The second kappa shape index (κ2) is 10.8. The van der Waals surface area contributed by atoms with Gasteiger partial charge in [0.25, 0.3) is 0 Å². The average molecular weight is 375 g/mol. The van der Waals surface area contributed by atoms with Gasteiger partial charge in [-0.15, -0.1) is 0 Å². The summed E-state index contributed by atoms with van der Waals surface area (Å²) in [6.45, 7) is 7.65. The molecule has 1 aromatic rings. The predicted octanol–water partition coefficient (Wildman–Crippen LogP) is 2.36. The van der Waals surface area contributed by atoms with Crippen LogP contribution in [0.15, 0.2) is 23.2 Å². The van der Waals surface area contributed by atoms with Gasteiger partial charge in [-0.25, -0.2) is 0 Å². The Labute approximate surface area is 163 Å². The molecular formula is C21H34N4O2. The number of likely N-dealkylation sites (tertiary alicyclic amines) is 1. The zero-order valence-electron chi connectivity index (χ0n) is 17.2. The summed E-state index contributed by atoms with van der Waals surface area (Å²) in [7, 11) is 3.42. The topological polar surface area (TPSA) is 66.0 Å². The van der Waals surface area contributed by atoms with Crippen molar-refractivity contribution < 1.29 is 9.53 Å². The molecule has 0 unspecified atom stereocenters. The van der Waals surface area contributed by atoms with Crippen molar-refractivity contribution in [3.05, 3.63) is 29.3 Å². The number of nitrogens with one attached hydrogen (secondary N) is 2. The van der Waals surface area contributed by atoms with Gasteiger partial charge in [0, 0.05) is 39.6 Å². The van der Waals surface area contributed by atoms with Gasteiger partial charge in [0.1, 0.15) is 5.75 Å². The number of carbonyl (C=O) groups excluding carboxylic acids is 1. The molecule has 1 aliphatic rings. The van der Waals surface area contributed by atoms with E-state index in [0.29, 0.717) is 12.3 Å². The first kappa shape index (κ1) is 21.1. The lowest BCUT2D eigenvalue weighted by Crippen LogP contribution is -2.46. The number of hydrogen-bond donors (Lipinski definition) is 2. The third kappa shape index (κ3) is 6.45. The molecule has 1 saturated heterocycles. The third-order valence-electron chi connectivity index (χ3n) is 5.14. The van der Waals surface area contributed by atoms with Crippen molar-refractivity contribution in [2.24, 2.45) is 10.9 Å². The minimum Gasteiger partial charge on any atom is -0.496 e. The number of aryl methyl sites for hydroxylation is 1. The molecule has 27 heavy (non-hydrogen) atoms. The van der Waals surface area contributed by atoms with E-state index in [0.717, 1.165) is 62.7 Å². The smallest absolute Gasteiger partial charge is 0.220 e. The molecule has 0 spiro atoms. The largest absolute Gasteiger partial charge is 0.496 e. The molecule has 0 atom stereocenters. The maximum absolute atomic E-state index is 11.6. The molecule has 0 aliphatic carbocycles. The molecule has 0 aromatic heterocycles. The quantitative estimate of drug-likeness (QED) is 0.568. The highest BCUT2D eigenvalue weighted by molar-refractivity contribution is 5.80. The number of ether oxygens (including phenoxy) is 1. The van der Waals surface area contributed by atoms with Crippen LogP contribution in [-0.4, -0.2) is 57.1 Å².